The van der Waals surface area contributed by atoms with Gasteiger partial charge in [0.2, 0.25) is 0 Å². The highest BCUT2D eigenvalue weighted by atomic mass is 35.5. The minimum atomic E-state index is -0.401. The quantitative estimate of drug-likeness (QED) is 0.134. The maximum Gasteiger partial charge on any atom is 0.269 e. The van der Waals surface area contributed by atoms with Gasteiger partial charge in [0, 0.05) is 17.2 Å². The molecule has 2 aliphatic rings. The lowest BCUT2D eigenvalue weighted by Gasteiger charge is -2.13. The number of hydrogen-bond donors (Lipinski definition) is 0. The molecule has 2 aliphatic heterocycles. The molecule has 38 heavy (non-hydrogen) atoms. The molecule has 2 aromatic carbocycles. The van der Waals surface area contributed by atoms with Crippen LogP contribution in [0.1, 0.15) is 64.2 Å². The third kappa shape index (κ3) is 12.5. The second kappa shape index (κ2) is 18.0. The van der Waals surface area contributed by atoms with E-state index in [-0.39, 0.29) is 5.69 Å². The van der Waals surface area contributed by atoms with Crippen molar-refractivity contribution in [2.45, 2.75) is 64.2 Å². The number of unbranched alkanes of at least 4 members (excludes halogenated alkanes) is 4. The Balaban J connectivity index is 0.000000212. The van der Waals surface area contributed by atoms with Crippen molar-refractivity contribution in [2.24, 2.45) is 0 Å². The van der Waals surface area contributed by atoms with Crippen LogP contribution in [-0.2, 0) is 0 Å². The largest absolute Gasteiger partial charge is 0.494 e. The lowest BCUT2D eigenvalue weighted by molar-refractivity contribution is -0.384. The number of non-ortho nitro benzene ring substituents is 1. The number of nitro groups is 1. The maximum absolute atomic E-state index is 10.5. The summed E-state index contributed by atoms with van der Waals surface area (Å²) < 4.78 is 11.2. The monoisotopic (exact) mass is 545 g/mol. The molecular weight excluding hydrogens is 502 g/mol. The van der Waals surface area contributed by atoms with E-state index in [2.05, 4.69) is 9.80 Å². The predicted molar refractivity (Wildman–Crippen MR) is 155 cm³/mol. The van der Waals surface area contributed by atoms with Gasteiger partial charge >= 0.3 is 0 Å². The molecule has 0 spiro atoms. The summed E-state index contributed by atoms with van der Waals surface area (Å²) in [5, 5.41) is 11.3. The Labute approximate surface area is 233 Å². The Kier molecular flexibility index (Phi) is 14.3. The first-order chi connectivity index (χ1) is 18.6. The van der Waals surface area contributed by atoms with Crippen molar-refractivity contribution in [3.05, 3.63) is 63.7 Å². The Morgan fingerprint density at radius 1 is 0.658 bits per heavy atom. The van der Waals surface area contributed by atoms with E-state index >= 15 is 0 Å². The number of benzene rings is 2. The van der Waals surface area contributed by atoms with Gasteiger partial charge in [0.1, 0.15) is 11.5 Å². The molecule has 0 saturated carbocycles. The molecule has 4 rings (SSSR count). The van der Waals surface area contributed by atoms with Crippen LogP contribution in [0.25, 0.3) is 0 Å². The van der Waals surface area contributed by atoms with Gasteiger partial charge in [0.25, 0.3) is 5.69 Å². The third-order valence-electron chi connectivity index (χ3n) is 7.03. The van der Waals surface area contributed by atoms with Crippen molar-refractivity contribution >= 4 is 17.3 Å². The lowest BCUT2D eigenvalue weighted by atomic mass is 10.2. The van der Waals surface area contributed by atoms with Crippen molar-refractivity contribution < 1.29 is 14.4 Å². The molecule has 2 heterocycles. The molecule has 8 heteroatoms. The van der Waals surface area contributed by atoms with Gasteiger partial charge in [-0.3, -0.25) is 10.1 Å². The fourth-order valence-electron chi connectivity index (χ4n) is 4.82. The summed E-state index contributed by atoms with van der Waals surface area (Å²) in [6.07, 6.45) is 12.6. The van der Waals surface area contributed by atoms with Crippen molar-refractivity contribution in [2.75, 3.05) is 52.5 Å². The average Bonchev–Trinajstić information content (AvgIpc) is 3.65. The molecule has 0 radical (unpaired) electrons. The highest BCUT2D eigenvalue weighted by Gasteiger charge is 2.11. The molecule has 0 aliphatic carbocycles. The number of likely N-dealkylation sites (tertiary alicyclic amines) is 2. The molecule has 0 aromatic heterocycles. The Bertz CT molecular complexity index is 899. The molecule has 2 saturated heterocycles. The van der Waals surface area contributed by atoms with Crippen molar-refractivity contribution in [3.8, 4) is 11.5 Å². The highest BCUT2D eigenvalue weighted by molar-refractivity contribution is 6.30. The number of rotatable bonds is 15. The first-order valence-corrected chi connectivity index (χ1v) is 14.7. The van der Waals surface area contributed by atoms with Crippen LogP contribution < -0.4 is 9.47 Å². The van der Waals surface area contributed by atoms with E-state index < -0.39 is 4.92 Å². The first kappa shape index (κ1) is 30.2. The van der Waals surface area contributed by atoms with E-state index in [0.29, 0.717) is 12.4 Å². The molecule has 0 amide bonds. The van der Waals surface area contributed by atoms with Gasteiger partial charge in [-0.15, -0.1) is 0 Å². The van der Waals surface area contributed by atoms with Gasteiger partial charge in [-0.1, -0.05) is 11.6 Å². The van der Waals surface area contributed by atoms with E-state index in [1.165, 1.54) is 103 Å². The fourth-order valence-corrected chi connectivity index (χ4v) is 4.94. The summed E-state index contributed by atoms with van der Waals surface area (Å²) in [4.78, 5) is 15.2. The van der Waals surface area contributed by atoms with Gasteiger partial charge in [-0.05, 0) is 140 Å². The number of nitrogens with zero attached hydrogens (tertiary/aromatic N) is 3. The summed E-state index contributed by atoms with van der Waals surface area (Å²) in [5.74, 6) is 1.62. The molecule has 2 fully saturated rings. The van der Waals surface area contributed by atoms with Gasteiger partial charge < -0.3 is 19.3 Å². The molecule has 7 nitrogen and oxygen atoms in total. The maximum atomic E-state index is 10.5. The Morgan fingerprint density at radius 2 is 1.08 bits per heavy atom. The average molecular weight is 546 g/mol. The number of ether oxygens (including phenoxy) is 2. The van der Waals surface area contributed by atoms with Crippen LogP contribution >= 0.6 is 11.6 Å². The van der Waals surface area contributed by atoms with Crippen LogP contribution in [-0.4, -0.2) is 67.2 Å². The minimum absolute atomic E-state index is 0.1000. The molecular formula is C30H44ClN3O4. The van der Waals surface area contributed by atoms with E-state index in [9.17, 15) is 10.1 Å². The summed E-state index contributed by atoms with van der Waals surface area (Å²) in [6.45, 7) is 9.10. The molecule has 0 atom stereocenters. The standard InChI is InChI=1S/C15H22ClNO.C15H22N2O3/c16-14-6-8-15(9-7-14)18-13-5-1-2-10-17-11-3-4-12-17;18-17(19)14-6-8-15(9-7-14)20-13-5-1-2-10-16-11-3-4-12-16/h6-9H,1-5,10-13H2;6-9H,1-5,10-13H2. The smallest absolute Gasteiger partial charge is 0.269 e. The van der Waals surface area contributed by atoms with E-state index in [0.717, 1.165) is 30.2 Å². The second-order valence-electron chi connectivity index (χ2n) is 10.1. The van der Waals surface area contributed by atoms with Gasteiger partial charge in [0.05, 0.1) is 18.1 Å². The van der Waals surface area contributed by atoms with Crippen LogP contribution in [0.3, 0.4) is 0 Å². The number of hydrogen-bond acceptors (Lipinski definition) is 6. The minimum Gasteiger partial charge on any atom is -0.494 e. The summed E-state index contributed by atoms with van der Waals surface area (Å²) in [5.41, 5.74) is 0.1000. The first-order valence-electron chi connectivity index (χ1n) is 14.3. The normalized spacial score (nSPS) is 15.7. The van der Waals surface area contributed by atoms with Crippen molar-refractivity contribution in [3.63, 3.8) is 0 Å². The highest BCUT2D eigenvalue weighted by Crippen LogP contribution is 2.18. The number of halogens is 1. The molecule has 0 N–H and O–H groups in total. The Morgan fingerprint density at radius 3 is 1.50 bits per heavy atom. The van der Waals surface area contributed by atoms with Crippen molar-refractivity contribution in [1.82, 2.24) is 9.80 Å². The second-order valence-corrected chi connectivity index (χ2v) is 10.6. The van der Waals surface area contributed by atoms with Gasteiger partial charge in [0.15, 0.2) is 0 Å². The van der Waals surface area contributed by atoms with Crippen LogP contribution in [0, 0.1) is 10.1 Å². The summed E-state index contributed by atoms with van der Waals surface area (Å²) in [6, 6.07) is 13.8. The van der Waals surface area contributed by atoms with Crippen LogP contribution in [0.5, 0.6) is 11.5 Å². The van der Waals surface area contributed by atoms with Gasteiger partial charge in [-0.25, -0.2) is 0 Å². The van der Waals surface area contributed by atoms with E-state index in [4.69, 9.17) is 21.1 Å². The summed E-state index contributed by atoms with van der Waals surface area (Å²) >= 11 is 5.82. The SMILES string of the molecule is Clc1ccc(OCCCCCN2CCCC2)cc1.O=[N+]([O-])c1ccc(OCCCCCN2CCCC2)cc1. The topological polar surface area (TPSA) is 68.1 Å². The summed E-state index contributed by atoms with van der Waals surface area (Å²) in [7, 11) is 0. The van der Waals surface area contributed by atoms with Crippen LogP contribution in [0.4, 0.5) is 5.69 Å². The van der Waals surface area contributed by atoms with E-state index in [1.807, 2.05) is 24.3 Å². The van der Waals surface area contributed by atoms with Gasteiger partial charge in [-0.2, -0.15) is 0 Å². The third-order valence-corrected chi connectivity index (χ3v) is 7.29. The number of nitro benzene ring substituents is 1. The predicted octanol–water partition coefficient (Wildman–Crippen LogP) is 7.22. The molecule has 2 aromatic rings. The zero-order valence-electron chi connectivity index (χ0n) is 22.7. The van der Waals surface area contributed by atoms with Crippen LogP contribution in [0.15, 0.2) is 48.5 Å². The zero-order valence-corrected chi connectivity index (χ0v) is 23.5. The zero-order chi connectivity index (χ0) is 26.8. The lowest BCUT2D eigenvalue weighted by Crippen LogP contribution is -2.20. The molecule has 0 unspecified atom stereocenters. The molecule has 0 bridgehead atoms. The van der Waals surface area contributed by atoms with E-state index in [1.54, 1.807) is 12.1 Å². The fraction of sp³-hybridized carbons (Fsp3) is 0.600. The van der Waals surface area contributed by atoms with Crippen molar-refractivity contribution in [1.29, 1.82) is 0 Å². The van der Waals surface area contributed by atoms with Crippen LogP contribution in [0.2, 0.25) is 5.02 Å². The molecule has 210 valence electrons. The Hall–Kier alpha value is -2.35.